The van der Waals surface area contributed by atoms with Gasteiger partial charge in [-0.1, -0.05) is 60.7 Å². The smallest absolute Gasteiger partial charge is 0.408 e. The van der Waals surface area contributed by atoms with E-state index in [-0.39, 0.29) is 19.8 Å². The van der Waals surface area contributed by atoms with E-state index in [4.69, 9.17) is 14.6 Å². The number of hydrogen-bond acceptors (Lipinski definition) is 6. The number of amides is 3. The van der Waals surface area contributed by atoms with E-state index in [1.807, 2.05) is 12.1 Å². The van der Waals surface area contributed by atoms with Crippen LogP contribution in [0.4, 0.5) is 9.59 Å². The van der Waals surface area contributed by atoms with Crippen molar-refractivity contribution in [2.75, 3.05) is 13.1 Å². The largest absolute Gasteiger partial charge is 0.480 e. The maximum absolute atomic E-state index is 12.2. The quantitative estimate of drug-likeness (QED) is 0.447. The number of rotatable bonds is 10. The lowest BCUT2D eigenvalue weighted by Gasteiger charge is -2.18. The van der Waals surface area contributed by atoms with Crippen LogP contribution in [0.15, 0.2) is 60.7 Å². The van der Waals surface area contributed by atoms with E-state index in [0.29, 0.717) is 0 Å². The second kappa shape index (κ2) is 12.5. The Morgan fingerprint density at radius 2 is 1.29 bits per heavy atom. The minimum atomic E-state index is -1.27. The minimum Gasteiger partial charge on any atom is -0.480 e. The first-order chi connectivity index (χ1) is 14.9. The number of carbonyl (C=O) groups is 4. The third kappa shape index (κ3) is 9.31. The van der Waals surface area contributed by atoms with E-state index in [2.05, 4.69) is 16.0 Å². The van der Waals surface area contributed by atoms with E-state index in [1.54, 1.807) is 48.5 Å². The summed E-state index contributed by atoms with van der Waals surface area (Å²) < 4.78 is 10.1. The van der Waals surface area contributed by atoms with E-state index in [9.17, 15) is 19.2 Å². The van der Waals surface area contributed by atoms with Crippen LogP contribution in [-0.4, -0.2) is 48.3 Å². The number of ether oxygens (including phenoxy) is 2. The standard InChI is InChI=1S/C21H23N3O7/c25-18(26)12-22-19(27)17(24-21(29)31-14-16-9-5-2-6-10-16)11-23-20(28)30-13-15-7-3-1-4-8-15/h1-10,17H,11-14H2,(H,22,27)(H,23,28)(H,24,29)(H,25,26)/t17-/m0/s1. The molecule has 31 heavy (non-hydrogen) atoms. The molecule has 0 aliphatic rings. The number of benzene rings is 2. The molecular weight excluding hydrogens is 406 g/mol. The van der Waals surface area contributed by atoms with Crippen LogP contribution in [-0.2, 0) is 32.3 Å². The van der Waals surface area contributed by atoms with Crippen LogP contribution in [0, 0.1) is 0 Å². The van der Waals surface area contributed by atoms with Gasteiger partial charge >= 0.3 is 18.2 Å². The summed E-state index contributed by atoms with van der Waals surface area (Å²) in [6.07, 6.45) is -1.71. The van der Waals surface area contributed by atoms with Gasteiger partial charge in [0.25, 0.3) is 0 Å². The average Bonchev–Trinajstić information content (AvgIpc) is 2.78. The molecule has 0 aliphatic carbocycles. The lowest BCUT2D eigenvalue weighted by Crippen LogP contribution is -2.53. The lowest BCUT2D eigenvalue weighted by molar-refractivity contribution is -0.138. The fourth-order valence-corrected chi connectivity index (χ4v) is 2.36. The Morgan fingerprint density at radius 3 is 1.81 bits per heavy atom. The summed E-state index contributed by atoms with van der Waals surface area (Å²) in [7, 11) is 0. The maximum Gasteiger partial charge on any atom is 0.408 e. The van der Waals surface area contributed by atoms with Gasteiger partial charge in [0.05, 0.1) is 6.54 Å². The number of carboxylic acid groups (broad SMARTS) is 1. The van der Waals surface area contributed by atoms with E-state index in [1.165, 1.54) is 0 Å². The molecule has 0 fully saturated rings. The zero-order valence-corrected chi connectivity index (χ0v) is 16.6. The Balaban J connectivity index is 1.86. The van der Waals surface area contributed by atoms with Gasteiger partial charge in [0.2, 0.25) is 5.91 Å². The predicted molar refractivity (Wildman–Crippen MR) is 109 cm³/mol. The van der Waals surface area contributed by atoms with Gasteiger partial charge in [-0.25, -0.2) is 9.59 Å². The molecule has 0 radical (unpaired) electrons. The highest BCUT2D eigenvalue weighted by atomic mass is 16.6. The van der Waals surface area contributed by atoms with Crippen molar-refractivity contribution in [1.82, 2.24) is 16.0 Å². The first kappa shape index (κ1) is 23.2. The van der Waals surface area contributed by atoms with Crippen LogP contribution in [0.3, 0.4) is 0 Å². The van der Waals surface area contributed by atoms with Crippen molar-refractivity contribution >= 4 is 24.1 Å². The fraction of sp³-hybridized carbons (Fsp3) is 0.238. The van der Waals surface area contributed by atoms with Gasteiger partial charge in [-0.3, -0.25) is 9.59 Å². The van der Waals surface area contributed by atoms with Gasteiger partial charge in [0.1, 0.15) is 25.8 Å². The van der Waals surface area contributed by atoms with Gasteiger partial charge in [0.15, 0.2) is 0 Å². The van der Waals surface area contributed by atoms with Gasteiger partial charge in [0, 0.05) is 0 Å². The zero-order valence-electron chi connectivity index (χ0n) is 16.6. The minimum absolute atomic E-state index is 0.0229. The predicted octanol–water partition coefficient (Wildman–Crippen LogP) is 1.41. The van der Waals surface area contributed by atoms with E-state index >= 15 is 0 Å². The molecule has 0 aromatic heterocycles. The highest BCUT2D eigenvalue weighted by Gasteiger charge is 2.23. The van der Waals surface area contributed by atoms with Crippen molar-refractivity contribution in [2.24, 2.45) is 0 Å². The molecule has 0 saturated heterocycles. The number of nitrogens with one attached hydrogen (secondary N) is 3. The Bertz CT molecular complexity index is 875. The van der Waals surface area contributed by atoms with Crippen molar-refractivity contribution in [2.45, 2.75) is 19.3 Å². The highest BCUT2D eigenvalue weighted by Crippen LogP contribution is 2.02. The molecular formula is C21H23N3O7. The second-order valence-corrected chi connectivity index (χ2v) is 6.31. The molecule has 2 aromatic carbocycles. The molecule has 0 heterocycles. The number of alkyl carbamates (subject to hydrolysis) is 2. The van der Waals surface area contributed by atoms with Crippen molar-refractivity contribution in [3.05, 3.63) is 71.8 Å². The first-order valence-electron chi connectivity index (χ1n) is 9.35. The van der Waals surface area contributed by atoms with Crippen LogP contribution in [0.5, 0.6) is 0 Å². The maximum atomic E-state index is 12.2. The van der Waals surface area contributed by atoms with Crippen molar-refractivity contribution in [1.29, 1.82) is 0 Å². The van der Waals surface area contributed by atoms with E-state index < -0.39 is 36.6 Å². The zero-order chi connectivity index (χ0) is 22.5. The van der Waals surface area contributed by atoms with Crippen molar-refractivity contribution < 1.29 is 33.8 Å². The van der Waals surface area contributed by atoms with Gasteiger partial charge in [-0.05, 0) is 11.1 Å². The molecule has 10 heteroatoms. The monoisotopic (exact) mass is 429 g/mol. The van der Waals surface area contributed by atoms with Crippen molar-refractivity contribution in [3.63, 3.8) is 0 Å². The Kier molecular flexibility index (Phi) is 9.34. The molecule has 4 N–H and O–H groups in total. The summed E-state index contributed by atoms with van der Waals surface area (Å²) in [4.78, 5) is 46.8. The molecule has 2 rings (SSSR count). The van der Waals surface area contributed by atoms with Crippen LogP contribution in [0.25, 0.3) is 0 Å². The first-order valence-corrected chi connectivity index (χ1v) is 9.35. The molecule has 1 atom stereocenters. The fourth-order valence-electron chi connectivity index (χ4n) is 2.36. The van der Waals surface area contributed by atoms with E-state index in [0.717, 1.165) is 11.1 Å². The topological polar surface area (TPSA) is 143 Å². The molecule has 0 saturated carbocycles. The summed E-state index contributed by atoms with van der Waals surface area (Å²) in [5.74, 6) is -2.06. The Hall–Kier alpha value is -4.08. The summed E-state index contributed by atoms with van der Waals surface area (Å²) in [5, 5.41) is 15.5. The summed E-state index contributed by atoms with van der Waals surface area (Å²) in [5.41, 5.74) is 1.52. The molecule has 0 spiro atoms. The van der Waals surface area contributed by atoms with Gasteiger partial charge in [-0.15, -0.1) is 0 Å². The van der Waals surface area contributed by atoms with Gasteiger partial charge < -0.3 is 30.5 Å². The van der Waals surface area contributed by atoms with Crippen molar-refractivity contribution in [3.8, 4) is 0 Å². The van der Waals surface area contributed by atoms with Crippen LogP contribution < -0.4 is 16.0 Å². The highest BCUT2D eigenvalue weighted by molar-refractivity contribution is 5.88. The normalized spacial score (nSPS) is 11.0. The third-order valence-corrected chi connectivity index (χ3v) is 3.90. The number of aliphatic carboxylic acids is 1. The number of carboxylic acids is 1. The second-order valence-electron chi connectivity index (χ2n) is 6.31. The number of hydrogen-bond donors (Lipinski definition) is 4. The van der Waals surface area contributed by atoms with Crippen LogP contribution >= 0.6 is 0 Å². The summed E-state index contributed by atoms with van der Waals surface area (Å²) >= 11 is 0. The van der Waals surface area contributed by atoms with Crippen LogP contribution in [0.1, 0.15) is 11.1 Å². The molecule has 164 valence electrons. The molecule has 0 unspecified atom stereocenters. The van der Waals surface area contributed by atoms with Crippen LogP contribution in [0.2, 0.25) is 0 Å². The molecule has 0 bridgehead atoms. The van der Waals surface area contributed by atoms with Gasteiger partial charge in [-0.2, -0.15) is 0 Å². The molecule has 3 amide bonds. The molecule has 2 aromatic rings. The lowest BCUT2D eigenvalue weighted by atomic mass is 10.2. The summed E-state index contributed by atoms with van der Waals surface area (Å²) in [6, 6.07) is 16.6. The Labute approximate surface area is 178 Å². The number of carbonyl (C=O) groups excluding carboxylic acids is 3. The average molecular weight is 429 g/mol. The molecule has 10 nitrogen and oxygen atoms in total. The SMILES string of the molecule is O=C(O)CNC(=O)[C@H](CNC(=O)OCc1ccccc1)NC(=O)OCc1ccccc1. The summed E-state index contributed by atoms with van der Waals surface area (Å²) in [6.45, 7) is -0.980. The molecule has 0 aliphatic heterocycles. The Morgan fingerprint density at radius 1 is 0.774 bits per heavy atom. The third-order valence-electron chi connectivity index (χ3n) is 3.90.